The lowest BCUT2D eigenvalue weighted by Crippen LogP contribution is -2.53. The van der Waals surface area contributed by atoms with Gasteiger partial charge in [0.05, 0.1) is 6.61 Å². The molecular weight excluding hydrogens is 278 g/mol. The summed E-state index contributed by atoms with van der Waals surface area (Å²) >= 11 is 0. The first-order valence-corrected chi connectivity index (χ1v) is 8.87. The molecule has 0 aliphatic carbocycles. The van der Waals surface area contributed by atoms with Crippen LogP contribution in [0.4, 0.5) is 0 Å². The van der Waals surface area contributed by atoms with Gasteiger partial charge in [-0.15, -0.1) is 0 Å². The molecule has 1 aliphatic heterocycles. The van der Waals surface area contributed by atoms with E-state index in [1.54, 1.807) is 11.4 Å². The van der Waals surface area contributed by atoms with E-state index in [2.05, 4.69) is 10.0 Å². The van der Waals surface area contributed by atoms with Crippen LogP contribution in [0.3, 0.4) is 0 Å². The van der Waals surface area contributed by atoms with Crippen molar-refractivity contribution in [3.8, 4) is 0 Å². The minimum absolute atomic E-state index is 0.0465. The summed E-state index contributed by atoms with van der Waals surface area (Å²) in [6.07, 6.45) is 2.95. The smallest absolute Gasteiger partial charge is 0.279 e. The van der Waals surface area contributed by atoms with Crippen molar-refractivity contribution in [3.05, 3.63) is 0 Å². The first kappa shape index (κ1) is 17.8. The molecule has 0 aromatic carbocycles. The minimum Gasteiger partial charge on any atom is -0.383 e. The van der Waals surface area contributed by atoms with Gasteiger partial charge in [0.2, 0.25) is 0 Å². The Kier molecular flexibility index (Phi) is 7.98. The fraction of sp³-hybridized carbons (Fsp3) is 1.00. The zero-order chi connectivity index (χ0) is 15.0. The average molecular weight is 307 g/mol. The molecule has 6 nitrogen and oxygen atoms in total. The van der Waals surface area contributed by atoms with Crippen LogP contribution in [0.25, 0.3) is 0 Å². The second kappa shape index (κ2) is 8.94. The van der Waals surface area contributed by atoms with Gasteiger partial charge < -0.3 is 10.1 Å². The molecule has 1 rings (SSSR count). The topological polar surface area (TPSA) is 70.7 Å². The van der Waals surface area contributed by atoms with E-state index in [0.717, 1.165) is 25.8 Å². The van der Waals surface area contributed by atoms with Crippen LogP contribution in [0.2, 0.25) is 0 Å². The molecule has 0 saturated carbocycles. The monoisotopic (exact) mass is 307 g/mol. The third kappa shape index (κ3) is 6.05. The molecule has 0 aromatic heterocycles. The first-order valence-electron chi connectivity index (χ1n) is 7.43. The van der Waals surface area contributed by atoms with Crippen LogP contribution in [0, 0.1) is 5.92 Å². The zero-order valence-electron chi connectivity index (χ0n) is 12.9. The number of nitrogens with one attached hydrogen (secondary N) is 2. The van der Waals surface area contributed by atoms with E-state index < -0.39 is 10.2 Å². The predicted octanol–water partition coefficient (Wildman–Crippen LogP) is 0.567. The van der Waals surface area contributed by atoms with Gasteiger partial charge in [-0.25, -0.2) is 4.72 Å². The van der Waals surface area contributed by atoms with Crippen molar-refractivity contribution in [3.63, 3.8) is 0 Å². The Morgan fingerprint density at radius 3 is 2.75 bits per heavy atom. The summed E-state index contributed by atoms with van der Waals surface area (Å²) < 4.78 is 34.0. The molecule has 2 N–H and O–H groups in total. The number of nitrogens with zero attached hydrogens (tertiary/aromatic N) is 1. The maximum atomic E-state index is 12.4. The summed E-state index contributed by atoms with van der Waals surface area (Å²) in [5, 5.41) is 3.26. The maximum absolute atomic E-state index is 12.4. The van der Waals surface area contributed by atoms with Crippen LogP contribution in [-0.4, -0.2) is 58.7 Å². The van der Waals surface area contributed by atoms with Gasteiger partial charge in [0.1, 0.15) is 0 Å². The van der Waals surface area contributed by atoms with Crippen LogP contribution < -0.4 is 10.0 Å². The van der Waals surface area contributed by atoms with Crippen LogP contribution in [0.1, 0.15) is 33.1 Å². The Morgan fingerprint density at radius 1 is 1.35 bits per heavy atom. The molecule has 0 bridgehead atoms. The third-order valence-corrected chi connectivity index (χ3v) is 5.05. The fourth-order valence-electron chi connectivity index (χ4n) is 2.29. The van der Waals surface area contributed by atoms with E-state index >= 15 is 0 Å². The average Bonchev–Trinajstić information content (AvgIpc) is 2.42. The molecule has 1 heterocycles. The van der Waals surface area contributed by atoms with Gasteiger partial charge in [0.25, 0.3) is 10.2 Å². The Balaban J connectivity index is 2.53. The Bertz CT molecular complexity index is 360. The molecule has 0 aromatic rings. The molecule has 7 heteroatoms. The molecule has 20 heavy (non-hydrogen) atoms. The fourth-order valence-corrected chi connectivity index (χ4v) is 3.94. The highest BCUT2D eigenvalue weighted by molar-refractivity contribution is 7.87. The molecule has 1 aliphatic rings. The molecule has 1 saturated heterocycles. The van der Waals surface area contributed by atoms with Crippen molar-refractivity contribution in [1.29, 1.82) is 0 Å². The largest absolute Gasteiger partial charge is 0.383 e. The first-order chi connectivity index (χ1) is 9.47. The standard InChI is InChI=1S/C13H29N3O3S/c1-12(2)10-15-20(17,18)16-8-5-4-6-13(16)11-14-7-9-19-3/h12-15H,4-11H2,1-3H3. The van der Waals surface area contributed by atoms with Crippen LogP contribution in [0.5, 0.6) is 0 Å². The molecule has 0 spiro atoms. The summed E-state index contributed by atoms with van der Waals surface area (Å²) in [4.78, 5) is 0. The lowest BCUT2D eigenvalue weighted by atomic mass is 10.1. The summed E-state index contributed by atoms with van der Waals surface area (Å²) in [6.45, 7) is 7.19. The van der Waals surface area contributed by atoms with Gasteiger partial charge in [0.15, 0.2) is 0 Å². The van der Waals surface area contributed by atoms with Gasteiger partial charge in [0, 0.05) is 39.3 Å². The van der Waals surface area contributed by atoms with Crippen molar-refractivity contribution < 1.29 is 13.2 Å². The van der Waals surface area contributed by atoms with E-state index in [9.17, 15) is 8.42 Å². The van der Waals surface area contributed by atoms with Crippen molar-refractivity contribution in [2.45, 2.75) is 39.2 Å². The van der Waals surface area contributed by atoms with E-state index in [0.29, 0.717) is 32.2 Å². The van der Waals surface area contributed by atoms with E-state index in [-0.39, 0.29) is 6.04 Å². The SMILES string of the molecule is COCCNCC1CCCCN1S(=O)(=O)NCC(C)C. The minimum atomic E-state index is -3.36. The van der Waals surface area contributed by atoms with Gasteiger partial charge in [-0.05, 0) is 18.8 Å². The summed E-state index contributed by atoms with van der Waals surface area (Å²) in [5.74, 6) is 0.313. The number of rotatable bonds is 9. The number of hydrogen-bond donors (Lipinski definition) is 2. The number of methoxy groups -OCH3 is 1. The van der Waals surface area contributed by atoms with E-state index in [4.69, 9.17) is 4.74 Å². The molecular formula is C13H29N3O3S. The highest BCUT2D eigenvalue weighted by Gasteiger charge is 2.31. The number of piperidine rings is 1. The van der Waals surface area contributed by atoms with Crippen LogP contribution in [-0.2, 0) is 14.9 Å². The molecule has 120 valence electrons. The highest BCUT2D eigenvalue weighted by Crippen LogP contribution is 2.19. The van der Waals surface area contributed by atoms with E-state index in [1.807, 2.05) is 13.8 Å². The molecule has 0 radical (unpaired) electrons. The molecule has 1 fully saturated rings. The zero-order valence-corrected chi connectivity index (χ0v) is 13.7. The van der Waals surface area contributed by atoms with Crippen molar-refractivity contribution in [2.75, 3.05) is 39.9 Å². The van der Waals surface area contributed by atoms with Crippen molar-refractivity contribution in [2.24, 2.45) is 5.92 Å². The molecule has 1 unspecified atom stereocenters. The maximum Gasteiger partial charge on any atom is 0.279 e. The number of hydrogen-bond acceptors (Lipinski definition) is 4. The van der Waals surface area contributed by atoms with Gasteiger partial charge in [-0.2, -0.15) is 12.7 Å². The molecule has 0 amide bonds. The lowest BCUT2D eigenvalue weighted by molar-refractivity contribution is 0.191. The van der Waals surface area contributed by atoms with Gasteiger partial charge in [-0.3, -0.25) is 0 Å². The summed E-state index contributed by atoms with van der Waals surface area (Å²) in [6, 6.07) is 0.0465. The molecule has 1 atom stereocenters. The van der Waals surface area contributed by atoms with Crippen molar-refractivity contribution in [1.82, 2.24) is 14.3 Å². The highest BCUT2D eigenvalue weighted by atomic mass is 32.2. The Labute approximate surface area is 123 Å². The van der Waals surface area contributed by atoms with Crippen LogP contribution >= 0.6 is 0 Å². The van der Waals surface area contributed by atoms with Gasteiger partial charge >= 0.3 is 0 Å². The summed E-state index contributed by atoms with van der Waals surface area (Å²) in [5.41, 5.74) is 0. The quantitative estimate of drug-likeness (QED) is 0.611. The number of ether oxygens (including phenoxy) is 1. The van der Waals surface area contributed by atoms with Crippen LogP contribution in [0.15, 0.2) is 0 Å². The van der Waals surface area contributed by atoms with Gasteiger partial charge in [-0.1, -0.05) is 20.3 Å². The predicted molar refractivity (Wildman–Crippen MR) is 80.9 cm³/mol. The Morgan fingerprint density at radius 2 is 2.10 bits per heavy atom. The summed E-state index contributed by atoms with van der Waals surface area (Å²) in [7, 11) is -1.70. The third-order valence-electron chi connectivity index (χ3n) is 3.42. The second-order valence-corrected chi connectivity index (χ2v) is 7.41. The van der Waals surface area contributed by atoms with Crippen molar-refractivity contribution >= 4 is 10.2 Å². The lowest BCUT2D eigenvalue weighted by Gasteiger charge is -2.35. The normalized spacial score (nSPS) is 21.5. The Hall–Kier alpha value is -0.210. The van der Waals surface area contributed by atoms with E-state index in [1.165, 1.54) is 0 Å². The second-order valence-electron chi connectivity index (χ2n) is 5.70.